The van der Waals surface area contributed by atoms with Crippen molar-refractivity contribution in [2.24, 2.45) is 0 Å². The second-order valence-electron chi connectivity index (χ2n) is 7.13. The lowest BCUT2D eigenvalue weighted by molar-refractivity contribution is -0.118. The molecule has 1 heterocycles. The standard InChI is InChI=1S/C24H23BrN4O/c1-16(30)27-13-12-26-15-17-6-5-9-19(14-17)24-28-21-11-10-20(22(25)23(21)29-24)18-7-3-2-4-8-18/h2-11,14,26H,12-13,15H2,1H3,(H,27,30)(H,28,29). The molecule has 0 aliphatic rings. The summed E-state index contributed by atoms with van der Waals surface area (Å²) in [6.07, 6.45) is 0. The van der Waals surface area contributed by atoms with Crippen LogP contribution in [0.2, 0.25) is 0 Å². The van der Waals surface area contributed by atoms with Crippen molar-refractivity contribution >= 4 is 32.9 Å². The lowest BCUT2D eigenvalue weighted by Gasteiger charge is -2.06. The molecule has 0 bridgehead atoms. The molecule has 4 aromatic rings. The average molecular weight is 463 g/mol. The van der Waals surface area contributed by atoms with Crippen LogP contribution >= 0.6 is 15.9 Å². The van der Waals surface area contributed by atoms with E-state index in [1.54, 1.807) is 0 Å². The number of aromatic amines is 1. The van der Waals surface area contributed by atoms with Gasteiger partial charge in [-0.3, -0.25) is 4.79 Å². The van der Waals surface area contributed by atoms with Gasteiger partial charge in [-0.05, 0) is 44.8 Å². The highest BCUT2D eigenvalue weighted by Crippen LogP contribution is 2.34. The lowest BCUT2D eigenvalue weighted by Crippen LogP contribution is -2.29. The smallest absolute Gasteiger partial charge is 0.216 e. The number of amides is 1. The maximum atomic E-state index is 10.9. The Morgan fingerprint density at radius 3 is 2.60 bits per heavy atom. The topological polar surface area (TPSA) is 69.8 Å². The first kappa shape index (κ1) is 20.3. The Balaban J connectivity index is 1.55. The summed E-state index contributed by atoms with van der Waals surface area (Å²) in [7, 11) is 0. The van der Waals surface area contributed by atoms with E-state index in [2.05, 4.69) is 74.0 Å². The van der Waals surface area contributed by atoms with Gasteiger partial charge in [0.05, 0.1) is 9.99 Å². The number of aromatic nitrogens is 2. The van der Waals surface area contributed by atoms with Gasteiger partial charge in [-0.2, -0.15) is 0 Å². The van der Waals surface area contributed by atoms with Gasteiger partial charge in [0.1, 0.15) is 11.3 Å². The molecule has 152 valence electrons. The summed E-state index contributed by atoms with van der Waals surface area (Å²) >= 11 is 3.76. The second-order valence-corrected chi connectivity index (χ2v) is 7.93. The SMILES string of the molecule is CC(=O)NCCNCc1cccc(-c2nc3c(Br)c(-c4ccccc4)ccc3[nH]2)c1. The van der Waals surface area contributed by atoms with Gasteiger partial charge >= 0.3 is 0 Å². The molecule has 3 N–H and O–H groups in total. The minimum atomic E-state index is -0.00901. The molecule has 0 aliphatic heterocycles. The first-order chi connectivity index (χ1) is 14.6. The lowest BCUT2D eigenvalue weighted by atomic mass is 10.1. The number of nitrogens with one attached hydrogen (secondary N) is 3. The molecule has 0 fully saturated rings. The highest BCUT2D eigenvalue weighted by atomic mass is 79.9. The van der Waals surface area contributed by atoms with Gasteiger partial charge in [-0.1, -0.05) is 54.6 Å². The normalized spacial score (nSPS) is 11.0. The van der Waals surface area contributed by atoms with Crippen molar-refractivity contribution in [2.75, 3.05) is 13.1 Å². The highest BCUT2D eigenvalue weighted by molar-refractivity contribution is 9.10. The summed E-state index contributed by atoms with van der Waals surface area (Å²) in [6, 6.07) is 22.8. The van der Waals surface area contributed by atoms with Gasteiger partial charge in [-0.15, -0.1) is 0 Å². The van der Waals surface area contributed by atoms with Gasteiger partial charge < -0.3 is 15.6 Å². The zero-order valence-electron chi connectivity index (χ0n) is 16.7. The van der Waals surface area contributed by atoms with E-state index < -0.39 is 0 Å². The number of fused-ring (bicyclic) bond motifs is 1. The molecule has 1 aromatic heterocycles. The van der Waals surface area contributed by atoms with E-state index >= 15 is 0 Å². The summed E-state index contributed by atoms with van der Waals surface area (Å²) < 4.78 is 0.990. The zero-order valence-corrected chi connectivity index (χ0v) is 18.3. The van der Waals surface area contributed by atoms with Gasteiger partial charge in [-0.25, -0.2) is 4.98 Å². The van der Waals surface area contributed by atoms with E-state index in [-0.39, 0.29) is 5.91 Å². The molecule has 30 heavy (non-hydrogen) atoms. The molecule has 0 saturated heterocycles. The van der Waals surface area contributed by atoms with Crippen molar-refractivity contribution in [1.29, 1.82) is 0 Å². The summed E-state index contributed by atoms with van der Waals surface area (Å²) in [5.74, 6) is 0.835. The van der Waals surface area contributed by atoms with Gasteiger partial charge in [0.15, 0.2) is 0 Å². The number of carbonyl (C=O) groups excluding carboxylic acids is 1. The largest absolute Gasteiger partial charge is 0.355 e. The van der Waals surface area contributed by atoms with Crippen molar-refractivity contribution in [1.82, 2.24) is 20.6 Å². The van der Waals surface area contributed by atoms with Crippen LogP contribution in [-0.4, -0.2) is 29.0 Å². The van der Waals surface area contributed by atoms with Crippen LogP contribution in [0, 0.1) is 0 Å². The Hall–Kier alpha value is -2.96. The van der Waals surface area contributed by atoms with E-state index in [1.165, 1.54) is 12.5 Å². The van der Waals surface area contributed by atoms with Crippen molar-refractivity contribution in [2.45, 2.75) is 13.5 Å². The third kappa shape index (κ3) is 4.61. The van der Waals surface area contributed by atoms with Crippen molar-refractivity contribution in [3.63, 3.8) is 0 Å². The van der Waals surface area contributed by atoms with Crippen molar-refractivity contribution < 1.29 is 4.79 Å². The van der Waals surface area contributed by atoms with Crippen LogP contribution in [-0.2, 0) is 11.3 Å². The Morgan fingerprint density at radius 2 is 1.80 bits per heavy atom. The van der Waals surface area contributed by atoms with E-state index in [1.807, 2.05) is 24.3 Å². The van der Waals surface area contributed by atoms with E-state index in [0.29, 0.717) is 6.54 Å². The maximum absolute atomic E-state index is 10.9. The fourth-order valence-electron chi connectivity index (χ4n) is 3.41. The quantitative estimate of drug-likeness (QED) is 0.342. The molecule has 0 spiro atoms. The van der Waals surface area contributed by atoms with Crippen LogP contribution in [0.1, 0.15) is 12.5 Å². The maximum Gasteiger partial charge on any atom is 0.216 e. The summed E-state index contributed by atoms with van der Waals surface area (Å²) in [6.45, 7) is 3.60. The number of hydrogen-bond donors (Lipinski definition) is 3. The van der Waals surface area contributed by atoms with E-state index in [4.69, 9.17) is 4.98 Å². The number of rotatable bonds is 7. The molecular weight excluding hydrogens is 440 g/mol. The average Bonchev–Trinajstić information content (AvgIpc) is 3.20. The molecule has 0 radical (unpaired) electrons. The number of benzene rings is 3. The number of H-pyrrole nitrogens is 1. The molecule has 5 nitrogen and oxygen atoms in total. The van der Waals surface area contributed by atoms with Gasteiger partial charge in [0.2, 0.25) is 5.91 Å². The van der Waals surface area contributed by atoms with Crippen LogP contribution in [0.3, 0.4) is 0 Å². The number of hydrogen-bond acceptors (Lipinski definition) is 3. The Kier molecular flexibility index (Phi) is 6.26. The monoisotopic (exact) mass is 462 g/mol. The number of imidazole rings is 1. The van der Waals surface area contributed by atoms with Crippen LogP contribution < -0.4 is 10.6 Å². The Labute approximate surface area is 184 Å². The molecule has 0 atom stereocenters. The molecule has 3 aromatic carbocycles. The second kappa shape index (κ2) is 9.24. The summed E-state index contributed by atoms with van der Waals surface area (Å²) in [4.78, 5) is 19.2. The third-order valence-electron chi connectivity index (χ3n) is 4.88. The van der Waals surface area contributed by atoms with Crippen LogP contribution in [0.25, 0.3) is 33.5 Å². The van der Waals surface area contributed by atoms with Crippen molar-refractivity contribution in [3.8, 4) is 22.5 Å². The highest BCUT2D eigenvalue weighted by Gasteiger charge is 2.12. The molecular formula is C24H23BrN4O. The van der Waals surface area contributed by atoms with E-state index in [9.17, 15) is 4.79 Å². The van der Waals surface area contributed by atoms with Gasteiger partial charge in [0, 0.05) is 32.1 Å². The number of nitrogens with zero attached hydrogens (tertiary/aromatic N) is 1. The molecule has 0 saturated carbocycles. The summed E-state index contributed by atoms with van der Waals surface area (Å²) in [5.41, 5.74) is 6.40. The van der Waals surface area contributed by atoms with Crippen LogP contribution in [0.15, 0.2) is 71.2 Å². The summed E-state index contributed by atoms with van der Waals surface area (Å²) in [5, 5.41) is 6.13. The first-order valence-corrected chi connectivity index (χ1v) is 10.7. The van der Waals surface area contributed by atoms with Crippen molar-refractivity contribution in [3.05, 3.63) is 76.8 Å². The molecule has 4 rings (SSSR count). The predicted molar refractivity (Wildman–Crippen MR) is 125 cm³/mol. The van der Waals surface area contributed by atoms with Crippen LogP contribution in [0.4, 0.5) is 0 Å². The van der Waals surface area contributed by atoms with Gasteiger partial charge in [0.25, 0.3) is 0 Å². The minimum Gasteiger partial charge on any atom is -0.355 e. The zero-order chi connectivity index (χ0) is 20.9. The Morgan fingerprint density at radius 1 is 1.00 bits per heavy atom. The fraction of sp³-hybridized carbons (Fsp3) is 0.167. The predicted octanol–water partition coefficient (Wildman–Crippen LogP) is 4.89. The third-order valence-corrected chi connectivity index (χ3v) is 5.69. The molecule has 0 aliphatic carbocycles. The first-order valence-electron chi connectivity index (χ1n) is 9.90. The minimum absolute atomic E-state index is 0.00901. The number of halogens is 1. The molecule has 0 unspecified atom stereocenters. The molecule has 6 heteroatoms. The van der Waals surface area contributed by atoms with Crippen LogP contribution in [0.5, 0.6) is 0 Å². The Bertz CT molecular complexity index is 1170. The number of carbonyl (C=O) groups is 1. The molecule has 1 amide bonds. The fourth-order valence-corrected chi connectivity index (χ4v) is 4.07. The van der Waals surface area contributed by atoms with E-state index in [0.717, 1.165) is 51.1 Å².